The van der Waals surface area contributed by atoms with E-state index in [0.29, 0.717) is 24.7 Å². The molecular weight excluding hydrogens is 272 g/mol. The molecule has 0 amide bonds. The summed E-state index contributed by atoms with van der Waals surface area (Å²) < 4.78 is 10.7. The first-order chi connectivity index (χ1) is 10.2. The number of rotatable bonds is 5. The van der Waals surface area contributed by atoms with E-state index >= 15 is 0 Å². The predicted octanol–water partition coefficient (Wildman–Crippen LogP) is 2.54. The Kier molecular flexibility index (Phi) is 4.24. The molecule has 2 fully saturated rings. The number of ether oxygens (including phenoxy) is 1. The van der Waals surface area contributed by atoms with Gasteiger partial charge in [0, 0.05) is 18.9 Å². The number of carbonyl (C=O) groups is 1. The van der Waals surface area contributed by atoms with Gasteiger partial charge in [-0.2, -0.15) is 4.98 Å². The minimum absolute atomic E-state index is 0.192. The van der Waals surface area contributed by atoms with E-state index in [-0.39, 0.29) is 17.8 Å². The van der Waals surface area contributed by atoms with Gasteiger partial charge in [0.25, 0.3) is 0 Å². The summed E-state index contributed by atoms with van der Waals surface area (Å²) in [4.78, 5) is 15.7. The van der Waals surface area contributed by atoms with Crippen molar-refractivity contribution >= 4 is 5.97 Å². The van der Waals surface area contributed by atoms with Gasteiger partial charge in [0.15, 0.2) is 5.82 Å². The highest BCUT2D eigenvalue weighted by Gasteiger charge is 2.36. The van der Waals surface area contributed by atoms with Crippen molar-refractivity contribution in [2.24, 2.45) is 5.41 Å². The number of hydrogen-bond acceptors (Lipinski definition) is 5. The molecule has 1 saturated carbocycles. The van der Waals surface area contributed by atoms with Crippen molar-refractivity contribution in [1.29, 1.82) is 0 Å². The molecule has 0 aromatic carbocycles. The lowest BCUT2D eigenvalue weighted by atomic mass is 9.69. The van der Waals surface area contributed by atoms with E-state index in [1.165, 1.54) is 6.42 Å². The highest BCUT2D eigenvalue weighted by atomic mass is 16.5. The molecule has 0 radical (unpaired) electrons. The fourth-order valence-corrected chi connectivity index (χ4v) is 3.60. The van der Waals surface area contributed by atoms with Crippen LogP contribution in [-0.2, 0) is 16.0 Å². The fourth-order valence-electron chi connectivity index (χ4n) is 3.60. The minimum Gasteiger partial charge on any atom is -0.481 e. The van der Waals surface area contributed by atoms with E-state index in [1.807, 2.05) is 0 Å². The molecule has 1 aliphatic carbocycles. The molecule has 2 heterocycles. The highest BCUT2D eigenvalue weighted by molar-refractivity contribution is 5.67. The van der Waals surface area contributed by atoms with Crippen LogP contribution in [0.3, 0.4) is 0 Å². The summed E-state index contributed by atoms with van der Waals surface area (Å²) in [5.74, 6) is 0.786. The van der Waals surface area contributed by atoms with Crippen molar-refractivity contribution in [2.45, 2.75) is 57.3 Å². The normalized spacial score (nSPS) is 25.0. The maximum absolute atomic E-state index is 11.2. The Morgan fingerprint density at radius 1 is 1.33 bits per heavy atom. The summed E-state index contributed by atoms with van der Waals surface area (Å²) in [5, 5.41) is 13.3. The van der Waals surface area contributed by atoms with Gasteiger partial charge in [0.1, 0.15) is 0 Å². The standard InChI is InChI=1S/C15H22N2O4/c18-13(19)9-15(5-2-1-3-6-15)8-12-16-14(17-21-12)11-4-7-20-10-11/h11H,1-10H2,(H,18,19). The average Bonchev–Trinajstić information content (AvgIpc) is 3.09. The Bertz CT molecular complexity index is 488. The molecule has 6 nitrogen and oxygen atoms in total. The number of aliphatic carboxylic acids is 1. The van der Waals surface area contributed by atoms with Gasteiger partial charge >= 0.3 is 5.97 Å². The number of carboxylic acids is 1. The molecular formula is C15H22N2O4. The third-order valence-corrected chi connectivity index (χ3v) is 4.75. The van der Waals surface area contributed by atoms with Crippen LogP contribution in [0.1, 0.15) is 62.6 Å². The van der Waals surface area contributed by atoms with E-state index in [1.54, 1.807) is 0 Å². The molecule has 1 unspecified atom stereocenters. The van der Waals surface area contributed by atoms with Gasteiger partial charge in [-0.05, 0) is 24.7 Å². The first-order valence-electron chi connectivity index (χ1n) is 7.79. The van der Waals surface area contributed by atoms with E-state index in [0.717, 1.165) is 38.7 Å². The molecule has 1 aliphatic heterocycles. The van der Waals surface area contributed by atoms with Gasteiger partial charge < -0.3 is 14.4 Å². The van der Waals surface area contributed by atoms with Crippen molar-refractivity contribution in [1.82, 2.24) is 10.1 Å². The summed E-state index contributed by atoms with van der Waals surface area (Å²) in [6.45, 7) is 1.40. The summed E-state index contributed by atoms with van der Waals surface area (Å²) in [7, 11) is 0. The van der Waals surface area contributed by atoms with E-state index in [4.69, 9.17) is 9.26 Å². The topological polar surface area (TPSA) is 85.5 Å². The summed E-state index contributed by atoms with van der Waals surface area (Å²) in [5.41, 5.74) is -0.208. The average molecular weight is 294 g/mol. The Balaban J connectivity index is 1.71. The fraction of sp³-hybridized carbons (Fsp3) is 0.800. The molecule has 116 valence electrons. The van der Waals surface area contributed by atoms with Crippen LogP contribution in [0, 0.1) is 5.41 Å². The molecule has 1 aromatic rings. The summed E-state index contributed by atoms with van der Waals surface area (Å²) in [6, 6.07) is 0. The third-order valence-electron chi connectivity index (χ3n) is 4.75. The lowest BCUT2D eigenvalue weighted by Gasteiger charge is -2.34. The lowest BCUT2D eigenvalue weighted by Crippen LogP contribution is -2.30. The van der Waals surface area contributed by atoms with Crippen molar-refractivity contribution in [2.75, 3.05) is 13.2 Å². The predicted molar refractivity (Wildman–Crippen MR) is 73.9 cm³/mol. The van der Waals surface area contributed by atoms with Gasteiger partial charge in [-0.15, -0.1) is 0 Å². The smallest absolute Gasteiger partial charge is 0.303 e. The van der Waals surface area contributed by atoms with Crippen LogP contribution < -0.4 is 0 Å². The van der Waals surface area contributed by atoms with Crippen LogP contribution in [0.5, 0.6) is 0 Å². The number of aromatic nitrogens is 2. The molecule has 1 saturated heterocycles. The second-order valence-electron chi connectivity index (χ2n) is 6.41. The highest BCUT2D eigenvalue weighted by Crippen LogP contribution is 2.42. The van der Waals surface area contributed by atoms with Crippen molar-refractivity contribution < 1.29 is 19.2 Å². The second-order valence-corrected chi connectivity index (χ2v) is 6.41. The molecule has 0 spiro atoms. The molecule has 3 rings (SSSR count). The SMILES string of the molecule is O=C(O)CC1(Cc2nc(C3CCOC3)no2)CCCCC1. The zero-order valence-corrected chi connectivity index (χ0v) is 12.2. The maximum Gasteiger partial charge on any atom is 0.303 e. The molecule has 21 heavy (non-hydrogen) atoms. The monoisotopic (exact) mass is 294 g/mol. The number of carboxylic acid groups (broad SMARTS) is 1. The van der Waals surface area contributed by atoms with E-state index in [9.17, 15) is 9.90 Å². The molecule has 6 heteroatoms. The molecule has 1 atom stereocenters. The van der Waals surface area contributed by atoms with Crippen molar-refractivity contribution in [3.63, 3.8) is 0 Å². The van der Waals surface area contributed by atoms with Crippen LogP contribution in [0.25, 0.3) is 0 Å². The largest absolute Gasteiger partial charge is 0.481 e. The molecule has 1 aromatic heterocycles. The lowest BCUT2D eigenvalue weighted by molar-refractivity contribution is -0.140. The van der Waals surface area contributed by atoms with Gasteiger partial charge in [0.2, 0.25) is 5.89 Å². The van der Waals surface area contributed by atoms with E-state index in [2.05, 4.69) is 10.1 Å². The summed E-state index contributed by atoms with van der Waals surface area (Å²) in [6.07, 6.45) is 6.94. The Hall–Kier alpha value is -1.43. The first-order valence-corrected chi connectivity index (χ1v) is 7.79. The van der Waals surface area contributed by atoms with Gasteiger partial charge in [-0.25, -0.2) is 0 Å². The Labute approximate surface area is 123 Å². The van der Waals surface area contributed by atoms with Crippen LogP contribution in [-0.4, -0.2) is 34.4 Å². The second kappa shape index (κ2) is 6.13. The third kappa shape index (κ3) is 3.43. The van der Waals surface area contributed by atoms with Crippen LogP contribution in [0.4, 0.5) is 0 Å². The van der Waals surface area contributed by atoms with Crippen molar-refractivity contribution in [3.05, 3.63) is 11.7 Å². The maximum atomic E-state index is 11.2. The summed E-state index contributed by atoms with van der Waals surface area (Å²) >= 11 is 0. The zero-order chi connectivity index (χ0) is 14.7. The van der Waals surface area contributed by atoms with Gasteiger partial charge in [0.05, 0.1) is 13.0 Å². The minimum atomic E-state index is -0.735. The van der Waals surface area contributed by atoms with E-state index < -0.39 is 5.97 Å². The quantitative estimate of drug-likeness (QED) is 0.898. The van der Waals surface area contributed by atoms with Gasteiger partial charge in [-0.1, -0.05) is 24.4 Å². The number of nitrogens with zero attached hydrogens (tertiary/aromatic N) is 2. The Morgan fingerprint density at radius 3 is 2.81 bits per heavy atom. The van der Waals surface area contributed by atoms with Crippen LogP contribution in [0.15, 0.2) is 4.52 Å². The van der Waals surface area contributed by atoms with Gasteiger partial charge in [-0.3, -0.25) is 4.79 Å². The molecule has 2 aliphatic rings. The van der Waals surface area contributed by atoms with Crippen molar-refractivity contribution in [3.8, 4) is 0 Å². The van der Waals surface area contributed by atoms with Crippen LogP contribution >= 0.6 is 0 Å². The molecule has 1 N–H and O–H groups in total. The molecule has 0 bridgehead atoms. The first kappa shape index (κ1) is 14.5. The van der Waals surface area contributed by atoms with Crippen LogP contribution in [0.2, 0.25) is 0 Å². The zero-order valence-electron chi connectivity index (χ0n) is 12.2. The number of hydrogen-bond donors (Lipinski definition) is 1. The Morgan fingerprint density at radius 2 is 2.14 bits per heavy atom.